The fourth-order valence-electron chi connectivity index (χ4n) is 2.96. The van der Waals surface area contributed by atoms with Crippen LogP contribution in [0.3, 0.4) is 0 Å². The molecule has 1 fully saturated rings. The zero-order valence-electron chi connectivity index (χ0n) is 10.9. The molecule has 3 heteroatoms. The van der Waals surface area contributed by atoms with Gasteiger partial charge in [0, 0.05) is 19.3 Å². The fourth-order valence-corrected chi connectivity index (χ4v) is 2.96. The highest BCUT2D eigenvalue weighted by atomic mass is 16.5. The molecule has 0 saturated carbocycles. The van der Waals surface area contributed by atoms with Gasteiger partial charge in [-0.15, -0.1) is 0 Å². The quantitative estimate of drug-likeness (QED) is 0.739. The van der Waals surface area contributed by atoms with E-state index in [-0.39, 0.29) is 5.41 Å². The number of ether oxygens (including phenoxy) is 1. The summed E-state index contributed by atoms with van der Waals surface area (Å²) in [5, 5.41) is 0. The van der Waals surface area contributed by atoms with E-state index < -0.39 is 0 Å². The summed E-state index contributed by atoms with van der Waals surface area (Å²) in [5.41, 5.74) is 4.20. The smallest absolute Gasteiger partial charge is 0.0722 e. The lowest BCUT2D eigenvalue weighted by Gasteiger charge is -2.47. The Balaban J connectivity index is 2.05. The van der Waals surface area contributed by atoms with Crippen LogP contribution in [0.4, 0.5) is 0 Å². The van der Waals surface area contributed by atoms with E-state index in [4.69, 9.17) is 9.72 Å². The Morgan fingerprint density at radius 1 is 1.41 bits per heavy atom. The van der Waals surface area contributed by atoms with E-state index >= 15 is 0 Å². The van der Waals surface area contributed by atoms with Crippen molar-refractivity contribution in [2.24, 2.45) is 0 Å². The van der Waals surface area contributed by atoms with Crippen molar-refractivity contribution >= 4 is 0 Å². The average molecular weight is 232 g/mol. The third-order valence-corrected chi connectivity index (χ3v) is 3.93. The second kappa shape index (κ2) is 3.79. The Kier molecular flexibility index (Phi) is 2.49. The van der Waals surface area contributed by atoms with Crippen LogP contribution in [0.2, 0.25) is 0 Å². The Bertz CT molecular complexity index is 438. The summed E-state index contributed by atoms with van der Waals surface area (Å²) in [6, 6.07) is 2.34. The first kappa shape index (κ1) is 11.2. The summed E-state index contributed by atoms with van der Waals surface area (Å²) in [4.78, 5) is 7.13. The Morgan fingerprint density at radius 2 is 2.18 bits per heavy atom. The van der Waals surface area contributed by atoms with Crippen LogP contribution in [0.5, 0.6) is 0 Å². The molecule has 0 aromatic carbocycles. The standard InChI is InChI=1S/C14H20N2O/c1-10(2)11-4-12-6-16(3)7-14(8-17-9-14)13(12)15-5-11/h4-5,10H,6-9H2,1-3H3. The molecule has 3 rings (SSSR count). The summed E-state index contributed by atoms with van der Waals surface area (Å²) in [5.74, 6) is 0.550. The molecule has 3 heterocycles. The topological polar surface area (TPSA) is 25.4 Å². The number of hydrogen-bond donors (Lipinski definition) is 0. The summed E-state index contributed by atoms with van der Waals surface area (Å²) in [6.45, 7) is 8.20. The fraction of sp³-hybridized carbons (Fsp3) is 0.643. The van der Waals surface area contributed by atoms with Gasteiger partial charge in [0.15, 0.2) is 0 Å². The van der Waals surface area contributed by atoms with Gasteiger partial charge >= 0.3 is 0 Å². The molecular weight excluding hydrogens is 212 g/mol. The van der Waals surface area contributed by atoms with Crippen molar-refractivity contribution in [1.29, 1.82) is 0 Å². The second-order valence-electron chi connectivity index (χ2n) is 5.88. The number of fused-ring (bicyclic) bond motifs is 2. The lowest BCUT2D eigenvalue weighted by Crippen LogP contribution is -2.57. The molecule has 0 bridgehead atoms. The predicted molar refractivity (Wildman–Crippen MR) is 67.2 cm³/mol. The zero-order chi connectivity index (χ0) is 12.0. The number of nitrogens with zero attached hydrogens (tertiary/aromatic N) is 2. The van der Waals surface area contributed by atoms with Crippen molar-refractivity contribution in [3.63, 3.8) is 0 Å². The van der Waals surface area contributed by atoms with Gasteiger partial charge in [-0.05, 0) is 24.1 Å². The van der Waals surface area contributed by atoms with E-state index in [0.717, 1.165) is 26.3 Å². The molecule has 92 valence electrons. The Morgan fingerprint density at radius 3 is 2.76 bits per heavy atom. The van der Waals surface area contributed by atoms with Gasteiger partial charge in [-0.1, -0.05) is 19.9 Å². The first-order valence-electron chi connectivity index (χ1n) is 6.36. The number of pyridine rings is 1. The number of hydrogen-bond acceptors (Lipinski definition) is 3. The second-order valence-corrected chi connectivity index (χ2v) is 5.88. The Labute approximate surface area is 103 Å². The summed E-state index contributed by atoms with van der Waals surface area (Å²) < 4.78 is 5.43. The van der Waals surface area contributed by atoms with E-state index in [9.17, 15) is 0 Å². The molecule has 2 aliphatic heterocycles. The van der Waals surface area contributed by atoms with Crippen LogP contribution in [0.15, 0.2) is 12.3 Å². The molecule has 0 unspecified atom stereocenters. The monoisotopic (exact) mass is 232 g/mol. The van der Waals surface area contributed by atoms with Gasteiger partial charge in [-0.3, -0.25) is 4.98 Å². The summed E-state index contributed by atoms with van der Waals surface area (Å²) in [7, 11) is 2.19. The van der Waals surface area contributed by atoms with Crippen LogP contribution < -0.4 is 0 Å². The van der Waals surface area contributed by atoms with Gasteiger partial charge in [0.05, 0.1) is 24.3 Å². The maximum atomic E-state index is 5.43. The largest absolute Gasteiger partial charge is 0.379 e. The van der Waals surface area contributed by atoms with Crippen molar-refractivity contribution in [1.82, 2.24) is 9.88 Å². The van der Waals surface area contributed by atoms with E-state index in [1.165, 1.54) is 16.8 Å². The van der Waals surface area contributed by atoms with Crippen molar-refractivity contribution in [2.75, 3.05) is 26.8 Å². The minimum absolute atomic E-state index is 0.178. The third kappa shape index (κ3) is 1.69. The van der Waals surface area contributed by atoms with Gasteiger partial charge in [-0.25, -0.2) is 0 Å². The molecular formula is C14H20N2O. The van der Waals surface area contributed by atoms with Crippen LogP contribution in [-0.2, 0) is 16.7 Å². The van der Waals surface area contributed by atoms with Crippen molar-refractivity contribution in [3.8, 4) is 0 Å². The van der Waals surface area contributed by atoms with Crippen LogP contribution in [0.25, 0.3) is 0 Å². The summed E-state index contributed by atoms with van der Waals surface area (Å²) >= 11 is 0. The van der Waals surface area contributed by atoms with E-state index in [1.807, 2.05) is 0 Å². The minimum atomic E-state index is 0.178. The molecule has 1 aromatic heterocycles. The molecule has 0 atom stereocenters. The highest BCUT2D eigenvalue weighted by Crippen LogP contribution is 2.38. The molecule has 17 heavy (non-hydrogen) atoms. The zero-order valence-corrected chi connectivity index (χ0v) is 10.9. The molecule has 3 nitrogen and oxygen atoms in total. The first-order chi connectivity index (χ1) is 8.11. The van der Waals surface area contributed by atoms with Crippen LogP contribution >= 0.6 is 0 Å². The highest BCUT2D eigenvalue weighted by molar-refractivity contribution is 5.36. The highest BCUT2D eigenvalue weighted by Gasteiger charge is 2.46. The van der Waals surface area contributed by atoms with Gasteiger partial charge in [0.2, 0.25) is 0 Å². The van der Waals surface area contributed by atoms with Crippen LogP contribution in [0, 0.1) is 0 Å². The van der Waals surface area contributed by atoms with Gasteiger partial charge < -0.3 is 9.64 Å². The van der Waals surface area contributed by atoms with Gasteiger partial charge in [-0.2, -0.15) is 0 Å². The molecule has 0 N–H and O–H groups in total. The first-order valence-corrected chi connectivity index (χ1v) is 6.36. The average Bonchev–Trinajstić information content (AvgIpc) is 2.24. The maximum Gasteiger partial charge on any atom is 0.0722 e. The minimum Gasteiger partial charge on any atom is -0.379 e. The third-order valence-electron chi connectivity index (χ3n) is 3.93. The molecule has 0 radical (unpaired) electrons. The van der Waals surface area contributed by atoms with Crippen molar-refractivity contribution < 1.29 is 4.74 Å². The molecule has 1 spiro atoms. The van der Waals surface area contributed by atoms with Crippen molar-refractivity contribution in [3.05, 3.63) is 29.1 Å². The lowest BCUT2D eigenvalue weighted by atomic mass is 9.76. The van der Waals surface area contributed by atoms with Crippen LogP contribution in [-0.4, -0.2) is 36.7 Å². The van der Waals surface area contributed by atoms with Crippen molar-refractivity contribution in [2.45, 2.75) is 31.7 Å². The molecule has 0 amide bonds. The van der Waals surface area contributed by atoms with Gasteiger partial charge in [0.25, 0.3) is 0 Å². The molecule has 2 aliphatic rings. The maximum absolute atomic E-state index is 5.43. The lowest BCUT2D eigenvalue weighted by molar-refractivity contribution is -0.0812. The van der Waals surface area contributed by atoms with E-state index in [0.29, 0.717) is 5.92 Å². The normalized spacial score (nSPS) is 22.6. The number of likely N-dealkylation sites (N-methyl/N-ethyl adjacent to an activating group) is 1. The number of rotatable bonds is 1. The van der Waals surface area contributed by atoms with Crippen LogP contribution in [0.1, 0.15) is 36.6 Å². The SMILES string of the molecule is CC(C)c1cnc2c(c1)CN(C)CC21COC1. The molecule has 1 aromatic rings. The molecule has 1 saturated heterocycles. The van der Waals surface area contributed by atoms with Gasteiger partial charge in [0.1, 0.15) is 0 Å². The summed E-state index contributed by atoms with van der Waals surface area (Å²) in [6.07, 6.45) is 2.05. The van der Waals surface area contributed by atoms with E-state index in [2.05, 4.69) is 38.1 Å². The Hall–Kier alpha value is -0.930. The predicted octanol–water partition coefficient (Wildman–Crippen LogP) is 1.92. The number of aromatic nitrogens is 1. The van der Waals surface area contributed by atoms with E-state index in [1.54, 1.807) is 0 Å². The molecule has 0 aliphatic carbocycles.